The third-order valence-corrected chi connectivity index (χ3v) is 3.48. The van der Waals surface area contributed by atoms with E-state index < -0.39 is 0 Å². The Morgan fingerprint density at radius 1 is 1.38 bits per heavy atom. The van der Waals surface area contributed by atoms with Crippen molar-refractivity contribution >= 4 is 17.7 Å². The van der Waals surface area contributed by atoms with Gasteiger partial charge >= 0.3 is 5.97 Å². The number of rotatable bonds is 5. The van der Waals surface area contributed by atoms with Crippen LogP contribution in [0.4, 0.5) is 5.82 Å². The van der Waals surface area contributed by atoms with Crippen LogP contribution in [-0.2, 0) is 14.3 Å². The lowest BCUT2D eigenvalue weighted by molar-refractivity contribution is -0.147. The summed E-state index contributed by atoms with van der Waals surface area (Å²) < 4.78 is 4.74. The number of anilines is 1. The van der Waals surface area contributed by atoms with Gasteiger partial charge in [0, 0.05) is 6.20 Å². The van der Waals surface area contributed by atoms with Crippen LogP contribution in [-0.4, -0.2) is 48.5 Å². The highest BCUT2D eigenvalue weighted by atomic mass is 16.5. The second-order valence-corrected chi connectivity index (χ2v) is 4.96. The predicted molar refractivity (Wildman–Crippen MR) is 77.2 cm³/mol. The maximum absolute atomic E-state index is 11.8. The predicted octanol–water partition coefficient (Wildman–Crippen LogP) is 0.410. The van der Waals surface area contributed by atoms with Crippen LogP contribution in [0.1, 0.15) is 12.8 Å². The Balaban J connectivity index is 1.68. The molecule has 114 valence electrons. The fraction of sp³-hybridized carbons (Fsp3) is 0.500. The van der Waals surface area contributed by atoms with Crippen molar-refractivity contribution in [2.75, 3.05) is 32.2 Å². The zero-order valence-corrected chi connectivity index (χ0v) is 12.0. The normalized spacial score (nSPS) is 16.2. The first-order valence-electron chi connectivity index (χ1n) is 6.95. The first-order chi connectivity index (χ1) is 10.2. The molecule has 2 rings (SSSR count). The van der Waals surface area contributed by atoms with Gasteiger partial charge in [0.15, 0.2) is 0 Å². The van der Waals surface area contributed by atoms with E-state index in [4.69, 9.17) is 4.74 Å². The Labute approximate surface area is 123 Å². The number of carbonyl (C=O) groups is 2. The lowest BCUT2D eigenvalue weighted by Crippen LogP contribution is -2.44. The van der Waals surface area contributed by atoms with Gasteiger partial charge in [-0.3, -0.25) is 25.3 Å². The third kappa shape index (κ3) is 4.71. The monoisotopic (exact) mass is 292 g/mol. The molecule has 0 unspecified atom stereocenters. The summed E-state index contributed by atoms with van der Waals surface area (Å²) in [6, 6.07) is 5.40. The summed E-state index contributed by atoms with van der Waals surface area (Å²) in [5.41, 5.74) is 5.37. The van der Waals surface area contributed by atoms with Crippen LogP contribution in [0.2, 0.25) is 0 Å². The van der Waals surface area contributed by atoms with Gasteiger partial charge < -0.3 is 4.74 Å². The average molecular weight is 292 g/mol. The van der Waals surface area contributed by atoms with Crippen LogP contribution in [0.5, 0.6) is 0 Å². The van der Waals surface area contributed by atoms with E-state index in [1.807, 2.05) is 11.0 Å². The SMILES string of the molecule is COC(=O)C1CCN(CC(=O)NNc2ccccn2)CC1. The smallest absolute Gasteiger partial charge is 0.308 e. The van der Waals surface area contributed by atoms with Crippen molar-refractivity contribution in [2.24, 2.45) is 5.92 Å². The minimum Gasteiger partial charge on any atom is -0.469 e. The number of hydrogen-bond donors (Lipinski definition) is 2. The van der Waals surface area contributed by atoms with Gasteiger partial charge in [-0.25, -0.2) is 4.98 Å². The van der Waals surface area contributed by atoms with E-state index >= 15 is 0 Å². The molecule has 0 saturated carbocycles. The summed E-state index contributed by atoms with van der Waals surface area (Å²) in [5.74, 6) is 0.268. The number of pyridine rings is 1. The molecule has 1 aliphatic heterocycles. The molecule has 7 heteroatoms. The van der Waals surface area contributed by atoms with Crippen molar-refractivity contribution in [3.05, 3.63) is 24.4 Å². The maximum atomic E-state index is 11.8. The van der Waals surface area contributed by atoms with E-state index in [2.05, 4.69) is 15.8 Å². The number of methoxy groups -OCH3 is 1. The standard InChI is InChI=1S/C14H20N4O3/c1-21-14(20)11-5-8-18(9-6-11)10-13(19)17-16-12-4-2-3-7-15-12/h2-4,7,11H,5-6,8-10H2,1H3,(H,15,16)(H,17,19). The van der Waals surface area contributed by atoms with Gasteiger partial charge in [0.1, 0.15) is 5.82 Å². The quantitative estimate of drug-likeness (QED) is 0.604. The molecule has 1 saturated heterocycles. The van der Waals surface area contributed by atoms with Gasteiger partial charge in [-0.2, -0.15) is 0 Å². The molecule has 0 aromatic carbocycles. The summed E-state index contributed by atoms with van der Waals surface area (Å²) in [6.07, 6.45) is 3.10. The molecule has 0 bridgehead atoms. The number of hydrogen-bond acceptors (Lipinski definition) is 6. The Hall–Kier alpha value is -2.15. The second-order valence-electron chi connectivity index (χ2n) is 4.96. The number of nitrogens with zero attached hydrogens (tertiary/aromatic N) is 2. The Kier molecular flexibility index (Phi) is 5.51. The zero-order valence-electron chi connectivity index (χ0n) is 12.0. The maximum Gasteiger partial charge on any atom is 0.308 e. The molecule has 1 aromatic rings. The Morgan fingerprint density at radius 2 is 2.14 bits per heavy atom. The molecule has 1 aromatic heterocycles. The van der Waals surface area contributed by atoms with Crippen molar-refractivity contribution in [3.8, 4) is 0 Å². The van der Waals surface area contributed by atoms with Crippen molar-refractivity contribution in [1.29, 1.82) is 0 Å². The molecule has 0 aliphatic carbocycles. The number of carbonyl (C=O) groups excluding carboxylic acids is 2. The molecule has 2 N–H and O–H groups in total. The molecule has 2 heterocycles. The number of ether oxygens (including phenoxy) is 1. The van der Waals surface area contributed by atoms with Crippen molar-refractivity contribution in [2.45, 2.75) is 12.8 Å². The molecule has 1 fully saturated rings. The fourth-order valence-corrected chi connectivity index (χ4v) is 2.31. The molecule has 0 radical (unpaired) electrons. The number of esters is 1. The number of amides is 1. The number of piperidine rings is 1. The molecule has 1 amide bonds. The topological polar surface area (TPSA) is 83.6 Å². The first-order valence-corrected chi connectivity index (χ1v) is 6.95. The molecule has 1 aliphatic rings. The lowest BCUT2D eigenvalue weighted by atomic mass is 9.97. The van der Waals surface area contributed by atoms with Gasteiger partial charge in [-0.05, 0) is 38.1 Å². The highest BCUT2D eigenvalue weighted by molar-refractivity contribution is 5.79. The van der Waals surface area contributed by atoms with Crippen molar-refractivity contribution < 1.29 is 14.3 Å². The van der Waals surface area contributed by atoms with Gasteiger partial charge in [-0.1, -0.05) is 6.07 Å². The first kappa shape index (κ1) is 15.2. The zero-order chi connectivity index (χ0) is 15.1. The Morgan fingerprint density at radius 3 is 2.76 bits per heavy atom. The number of nitrogens with one attached hydrogen (secondary N) is 2. The lowest BCUT2D eigenvalue weighted by Gasteiger charge is -2.29. The summed E-state index contributed by atoms with van der Waals surface area (Å²) >= 11 is 0. The van der Waals surface area contributed by atoms with E-state index in [0.717, 1.165) is 25.9 Å². The van der Waals surface area contributed by atoms with E-state index in [9.17, 15) is 9.59 Å². The van der Waals surface area contributed by atoms with Crippen molar-refractivity contribution in [1.82, 2.24) is 15.3 Å². The molecule has 0 spiro atoms. The Bertz CT molecular complexity index is 472. The summed E-state index contributed by atoms with van der Waals surface area (Å²) in [7, 11) is 1.41. The average Bonchev–Trinajstić information content (AvgIpc) is 2.54. The molecule has 7 nitrogen and oxygen atoms in total. The van der Waals surface area contributed by atoms with Crippen LogP contribution in [0, 0.1) is 5.92 Å². The van der Waals surface area contributed by atoms with Gasteiger partial charge in [0.2, 0.25) is 0 Å². The van der Waals surface area contributed by atoms with Crippen LogP contribution in [0.15, 0.2) is 24.4 Å². The molecule has 0 atom stereocenters. The molecular weight excluding hydrogens is 272 g/mol. The number of likely N-dealkylation sites (tertiary alicyclic amines) is 1. The van der Waals surface area contributed by atoms with Crippen LogP contribution >= 0.6 is 0 Å². The van der Waals surface area contributed by atoms with Gasteiger partial charge in [0.05, 0.1) is 19.6 Å². The fourth-order valence-electron chi connectivity index (χ4n) is 2.31. The number of aromatic nitrogens is 1. The second kappa shape index (κ2) is 7.58. The molecule has 21 heavy (non-hydrogen) atoms. The third-order valence-electron chi connectivity index (χ3n) is 3.48. The summed E-state index contributed by atoms with van der Waals surface area (Å²) in [5, 5.41) is 0. The van der Waals surface area contributed by atoms with Crippen LogP contribution in [0.3, 0.4) is 0 Å². The largest absolute Gasteiger partial charge is 0.469 e. The highest BCUT2D eigenvalue weighted by Crippen LogP contribution is 2.17. The van der Waals surface area contributed by atoms with Gasteiger partial charge in [-0.15, -0.1) is 0 Å². The van der Waals surface area contributed by atoms with E-state index in [-0.39, 0.29) is 17.8 Å². The minimum atomic E-state index is -0.157. The van der Waals surface area contributed by atoms with Gasteiger partial charge in [0.25, 0.3) is 5.91 Å². The minimum absolute atomic E-state index is 0.0408. The highest BCUT2D eigenvalue weighted by Gasteiger charge is 2.26. The van der Waals surface area contributed by atoms with Crippen molar-refractivity contribution in [3.63, 3.8) is 0 Å². The van der Waals surface area contributed by atoms with E-state index in [0.29, 0.717) is 12.4 Å². The summed E-state index contributed by atoms with van der Waals surface area (Å²) in [6.45, 7) is 1.74. The van der Waals surface area contributed by atoms with Crippen LogP contribution < -0.4 is 10.9 Å². The summed E-state index contributed by atoms with van der Waals surface area (Å²) in [4.78, 5) is 29.3. The molecular formula is C14H20N4O3. The van der Waals surface area contributed by atoms with E-state index in [1.54, 1.807) is 18.3 Å². The number of hydrazine groups is 1. The van der Waals surface area contributed by atoms with E-state index in [1.165, 1.54) is 7.11 Å². The van der Waals surface area contributed by atoms with Crippen LogP contribution in [0.25, 0.3) is 0 Å².